The molecular weight excluding hydrogens is 306 g/mol. The third-order valence-corrected chi connectivity index (χ3v) is 5.04. The molecule has 0 aliphatic carbocycles. The molecule has 2 N–H and O–H groups in total. The lowest BCUT2D eigenvalue weighted by molar-refractivity contribution is -0.122. The van der Waals surface area contributed by atoms with Gasteiger partial charge in [0, 0.05) is 35.0 Å². The predicted molar refractivity (Wildman–Crippen MR) is 86.7 cm³/mol. The zero-order valence-corrected chi connectivity index (χ0v) is 13.0. The Morgan fingerprint density at radius 1 is 1.33 bits per heavy atom. The lowest BCUT2D eigenvalue weighted by Crippen LogP contribution is -2.38. The maximum Gasteiger partial charge on any atom is 0.220 e. The van der Waals surface area contributed by atoms with E-state index in [1.165, 1.54) is 0 Å². The molecule has 4 nitrogen and oxygen atoms in total. The number of anilines is 1. The first-order valence-corrected chi connectivity index (χ1v) is 8.15. The van der Waals surface area contributed by atoms with Crippen LogP contribution >= 0.6 is 22.9 Å². The fourth-order valence-electron chi connectivity index (χ4n) is 2.56. The molecule has 6 heteroatoms. The van der Waals surface area contributed by atoms with Gasteiger partial charge < -0.3 is 10.6 Å². The summed E-state index contributed by atoms with van der Waals surface area (Å²) >= 11 is 7.82. The van der Waals surface area contributed by atoms with Crippen molar-refractivity contribution in [2.24, 2.45) is 11.7 Å². The van der Waals surface area contributed by atoms with Crippen LogP contribution in [0.5, 0.6) is 0 Å². The van der Waals surface area contributed by atoms with Gasteiger partial charge in [-0.15, -0.1) is 11.3 Å². The number of thiazole rings is 1. The summed E-state index contributed by atoms with van der Waals surface area (Å²) in [7, 11) is 0. The number of carbonyl (C=O) groups excluding carboxylic acids is 1. The van der Waals surface area contributed by atoms with Gasteiger partial charge in [0.25, 0.3) is 0 Å². The maximum atomic E-state index is 11.2. The number of rotatable bonds is 3. The molecular formula is C15H16ClN3OS. The summed E-state index contributed by atoms with van der Waals surface area (Å²) in [4.78, 5) is 18.1. The smallest absolute Gasteiger partial charge is 0.220 e. The van der Waals surface area contributed by atoms with E-state index in [9.17, 15) is 4.79 Å². The second-order valence-corrected chi connectivity index (χ2v) is 6.40. The summed E-state index contributed by atoms with van der Waals surface area (Å²) in [6.45, 7) is 1.65. The Bertz CT molecular complexity index is 650. The molecule has 1 aliphatic heterocycles. The van der Waals surface area contributed by atoms with Gasteiger partial charge in [-0.3, -0.25) is 4.79 Å². The van der Waals surface area contributed by atoms with Gasteiger partial charge in [-0.05, 0) is 18.9 Å². The van der Waals surface area contributed by atoms with Crippen molar-refractivity contribution in [2.75, 3.05) is 18.0 Å². The molecule has 0 saturated carbocycles. The fourth-order valence-corrected chi connectivity index (χ4v) is 3.67. The first-order chi connectivity index (χ1) is 10.1. The highest BCUT2D eigenvalue weighted by atomic mass is 35.5. The second kappa shape index (κ2) is 6.03. The van der Waals surface area contributed by atoms with Crippen LogP contribution in [0.3, 0.4) is 0 Å². The van der Waals surface area contributed by atoms with E-state index in [1.807, 2.05) is 29.6 Å². The van der Waals surface area contributed by atoms with Crippen LogP contribution in [0.25, 0.3) is 11.3 Å². The second-order valence-electron chi connectivity index (χ2n) is 5.16. The maximum absolute atomic E-state index is 11.2. The summed E-state index contributed by atoms with van der Waals surface area (Å²) in [5.41, 5.74) is 7.22. The van der Waals surface area contributed by atoms with Crippen LogP contribution in [0.4, 0.5) is 5.13 Å². The van der Waals surface area contributed by atoms with Crippen LogP contribution in [-0.2, 0) is 4.79 Å². The van der Waals surface area contributed by atoms with Crippen molar-refractivity contribution in [3.8, 4) is 11.3 Å². The Labute approximate surface area is 132 Å². The minimum Gasteiger partial charge on any atom is -0.369 e. The molecule has 2 aromatic rings. The summed E-state index contributed by atoms with van der Waals surface area (Å²) in [5, 5.41) is 3.71. The molecule has 0 bridgehead atoms. The number of hydrogen-bond acceptors (Lipinski definition) is 4. The number of primary amides is 1. The Morgan fingerprint density at radius 2 is 2.05 bits per heavy atom. The van der Waals surface area contributed by atoms with Crippen LogP contribution in [-0.4, -0.2) is 24.0 Å². The van der Waals surface area contributed by atoms with E-state index < -0.39 is 0 Å². The van der Waals surface area contributed by atoms with Gasteiger partial charge in [0.05, 0.1) is 5.69 Å². The molecule has 1 aromatic carbocycles. The summed E-state index contributed by atoms with van der Waals surface area (Å²) < 4.78 is 0. The average molecular weight is 322 g/mol. The largest absolute Gasteiger partial charge is 0.369 e. The SMILES string of the molecule is NC(=O)C1CCN(c2nc(-c3ccccc3Cl)cs2)CC1. The van der Waals surface area contributed by atoms with E-state index in [2.05, 4.69) is 9.88 Å². The lowest BCUT2D eigenvalue weighted by Gasteiger charge is -2.30. The number of halogens is 1. The number of nitrogens with zero attached hydrogens (tertiary/aromatic N) is 2. The quantitative estimate of drug-likeness (QED) is 0.944. The Hall–Kier alpha value is -1.59. The van der Waals surface area contributed by atoms with Crippen molar-refractivity contribution in [1.29, 1.82) is 0 Å². The molecule has 2 heterocycles. The van der Waals surface area contributed by atoms with E-state index in [-0.39, 0.29) is 11.8 Å². The number of carbonyl (C=O) groups is 1. The van der Waals surface area contributed by atoms with Gasteiger partial charge in [-0.1, -0.05) is 29.8 Å². The molecule has 0 unspecified atom stereocenters. The van der Waals surface area contributed by atoms with Gasteiger partial charge in [-0.25, -0.2) is 4.98 Å². The number of benzene rings is 1. The molecule has 1 aromatic heterocycles. The number of aromatic nitrogens is 1. The molecule has 0 radical (unpaired) electrons. The first kappa shape index (κ1) is 14.4. The topological polar surface area (TPSA) is 59.2 Å². The number of amides is 1. The van der Waals surface area contributed by atoms with Crippen LogP contribution in [0.1, 0.15) is 12.8 Å². The van der Waals surface area contributed by atoms with Crippen LogP contribution in [0.2, 0.25) is 5.02 Å². The highest BCUT2D eigenvalue weighted by Gasteiger charge is 2.24. The first-order valence-electron chi connectivity index (χ1n) is 6.90. The van der Waals surface area contributed by atoms with Crippen molar-refractivity contribution < 1.29 is 4.79 Å². The molecule has 3 rings (SSSR count). The Balaban J connectivity index is 1.74. The van der Waals surface area contributed by atoms with Crippen molar-refractivity contribution >= 4 is 34.0 Å². The zero-order valence-electron chi connectivity index (χ0n) is 11.5. The molecule has 1 amide bonds. The van der Waals surface area contributed by atoms with Gasteiger partial charge in [-0.2, -0.15) is 0 Å². The van der Waals surface area contributed by atoms with Crippen molar-refractivity contribution in [3.05, 3.63) is 34.7 Å². The monoisotopic (exact) mass is 321 g/mol. The van der Waals surface area contributed by atoms with Crippen LogP contribution in [0.15, 0.2) is 29.6 Å². The molecule has 0 spiro atoms. The van der Waals surface area contributed by atoms with E-state index in [0.29, 0.717) is 5.02 Å². The highest BCUT2D eigenvalue weighted by molar-refractivity contribution is 7.14. The minimum absolute atomic E-state index is 0.00394. The van der Waals surface area contributed by atoms with Gasteiger partial charge >= 0.3 is 0 Å². The van der Waals surface area contributed by atoms with Crippen molar-refractivity contribution in [1.82, 2.24) is 4.98 Å². The van der Waals surface area contributed by atoms with Crippen molar-refractivity contribution in [2.45, 2.75) is 12.8 Å². The van der Waals surface area contributed by atoms with Crippen LogP contribution in [0, 0.1) is 5.92 Å². The predicted octanol–water partition coefficient (Wildman–Crippen LogP) is 3.17. The average Bonchev–Trinajstić information content (AvgIpc) is 2.97. The third kappa shape index (κ3) is 3.04. The molecule has 1 saturated heterocycles. The van der Waals surface area contributed by atoms with Gasteiger partial charge in [0.15, 0.2) is 5.13 Å². The number of piperidine rings is 1. The normalized spacial score (nSPS) is 16.1. The third-order valence-electron chi connectivity index (χ3n) is 3.81. The van der Waals surface area contributed by atoms with Gasteiger partial charge in [0.2, 0.25) is 5.91 Å². The summed E-state index contributed by atoms with van der Waals surface area (Å²) in [6.07, 6.45) is 1.60. The molecule has 21 heavy (non-hydrogen) atoms. The molecule has 1 fully saturated rings. The fraction of sp³-hybridized carbons (Fsp3) is 0.333. The Morgan fingerprint density at radius 3 is 2.71 bits per heavy atom. The zero-order chi connectivity index (χ0) is 14.8. The lowest BCUT2D eigenvalue weighted by atomic mass is 9.97. The number of nitrogens with two attached hydrogens (primary N) is 1. The number of hydrogen-bond donors (Lipinski definition) is 1. The molecule has 1 aliphatic rings. The van der Waals surface area contributed by atoms with Crippen LogP contribution < -0.4 is 10.6 Å². The van der Waals surface area contributed by atoms with E-state index in [1.54, 1.807) is 11.3 Å². The van der Waals surface area contributed by atoms with Crippen molar-refractivity contribution in [3.63, 3.8) is 0 Å². The summed E-state index contributed by atoms with van der Waals surface area (Å²) in [5.74, 6) is -0.185. The molecule has 0 atom stereocenters. The van der Waals surface area contributed by atoms with Gasteiger partial charge in [0.1, 0.15) is 0 Å². The van der Waals surface area contributed by atoms with E-state index >= 15 is 0 Å². The standard InChI is InChI=1S/C15H16ClN3OS/c16-12-4-2-1-3-11(12)13-9-21-15(18-13)19-7-5-10(6-8-19)14(17)20/h1-4,9-10H,5-8H2,(H2,17,20). The van der Waals surface area contributed by atoms with E-state index in [4.69, 9.17) is 17.3 Å². The minimum atomic E-state index is -0.189. The molecule has 110 valence electrons. The Kier molecular flexibility index (Phi) is 4.12. The highest BCUT2D eigenvalue weighted by Crippen LogP contribution is 2.33. The van der Waals surface area contributed by atoms with E-state index in [0.717, 1.165) is 42.3 Å². The summed E-state index contributed by atoms with van der Waals surface area (Å²) in [6, 6.07) is 7.71.